The quantitative estimate of drug-likeness (QED) is 0.790. The van der Waals surface area contributed by atoms with E-state index in [4.69, 9.17) is 16.3 Å². The smallest absolute Gasteiger partial charge is 0.407 e. The molecule has 0 heterocycles. The van der Waals surface area contributed by atoms with E-state index in [1.54, 1.807) is 12.1 Å². The highest BCUT2D eigenvalue weighted by molar-refractivity contribution is 6.30. The first kappa shape index (κ1) is 18.3. The Balaban J connectivity index is 2.14. The molecule has 0 saturated carbocycles. The minimum absolute atomic E-state index is 0.0699. The van der Waals surface area contributed by atoms with E-state index in [-0.39, 0.29) is 5.91 Å². The number of amides is 2. The molecular weight excluding hydrogens is 304 g/mol. The zero-order valence-corrected chi connectivity index (χ0v) is 14.0. The van der Waals surface area contributed by atoms with Crippen molar-refractivity contribution in [2.45, 2.75) is 39.2 Å². The lowest BCUT2D eigenvalue weighted by molar-refractivity contribution is -0.120. The molecule has 122 valence electrons. The van der Waals surface area contributed by atoms with Crippen molar-refractivity contribution in [2.75, 3.05) is 13.1 Å². The van der Waals surface area contributed by atoms with Crippen LogP contribution in [0, 0.1) is 0 Å². The molecule has 0 bridgehead atoms. The second-order valence-corrected chi connectivity index (χ2v) is 6.38. The van der Waals surface area contributed by atoms with Crippen molar-refractivity contribution in [1.82, 2.24) is 10.6 Å². The Bertz CT molecular complexity index is 512. The average Bonchev–Trinajstić information content (AvgIpc) is 2.36. The highest BCUT2D eigenvalue weighted by Crippen LogP contribution is 2.11. The molecule has 2 amide bonds. The molecule has 0 aromatic heterocycles. The topological polar surface area (TPSA) is 67.4 Å². The molecule has 22 heavy (non-hydrogen) atoms. The minimum atomic E-state index is -0.505. The van der Waals surface area contributed by atoms with E-state index in [0.29, 0.717) is 31.0 Å². The molecule has 0 unspecified atom stereocenters. The van der Waals surface area contributed by atoms with Crippen LogP contribution >= 0.6 is 11.6 Å². The van der Waals surface area contributed by atoms with Crippen LogP contribution < -0.4 is 10.6 Å². The number of halogens is 1. The molecular formula is C16H23ClN2O3. The second-order valence-electron chi connectivity index (χ2n) is 5.94. The molecule has 0 fully saturated rings. The van der Waals surface area contributed by atoms with Crippen LogP contribution in [0.5, 0.6) is 0 Å². The summed E-state index contributed by atoms with van der Waals surface area (Å²) in [6.07, 6.45) is 0.485. The van der Waals surface area contributed by atoms with E-state index >= 15 is 0 Å². The van der Waals surface area contributed by atoms with E-state index < -0.39 is 11.7 Å². The molecule has 0 atom stereocenters. The van der Waals surface area contributed by atoms with Gasteiger partial charge in [0.25, 0.3) is 0 Å². The fraction of sp³-hybridized carbons (Fsp3) is 0.500. The number of ether oxygens (including phenoxy) is 1. The number of nitrogens with one attached hydrogen (secondary N) is 2. The molecule has 0 radical (unpaired) electrons. The van der Waals surface area contributed by atoms with E-state index in [1.165, 1.54) is 0 Å². The van der Waals surface area contributed by atoms with Crippen LogP contribution in [0.25, 0.3) is 0 Å². The second kappa shape index (κ2) is 8.63. The third-order valence-corrected chi connectivity index (χ3v) is 2.83. The van der Waals surface area contributed by atoms with E-state index in [0.717, 1.165) is 5.56 Å². The Morgan fingerprint density at radius 3 is 2.50 bits per heavy atom. The van der Waals surface area contributed by atoms with E-state index in [9.17, 15) is 9.59 Å². The van der Waals surface area contributed by atoms with Crippen molar-refractivity contribution < 1.29 is 14.3 Å². The van der Waals surface area contributed by atoms with Crippen molar-refractivity contribution in [2.24, 2.45) is 0 Å². The van der Waals surface area contributed by atoms with Crippen LogP contribution in [-0.2, 0) is 16.0 Å². The molecule has 6 heteroatoms. The lowest BCUT2D eigenvalue weighted by Crippen LogP contribution is -2.34. The molecule has 0 aliphatic heterocycles. The van der Waals surface area contributed by atoms with E-state index in [2.05, 4.69) is 10.6 Å². The van der Waals surface area contributed by atoms with Gasteiger partial charge in [-0.15, -0.1) is 0 Å². The average molecular weight is 327 g/mol. The first-order chi connectivity index (χ1) is 10.3. The Labute approximate surface area is 136 Å². The van der Waals surface area contributed by atoms with Crippen LogP contribution in [0.3, 0.4) is 0 Å². The largest absolute Gasteiger partial charge is 0.444 e. The molecule has 0 aliphatic rings. The van der Waals surface area contributed by atoms with E-state index in [1.807, 2.05) is 32.9 Å². The molecule has 2 N–H and O–H groups in total. The first-order valence-electron chi connectivity index (χ1n) is 7.24. The third kappa shape index (κ3) is 8.52. The maximum absolute atomic E-state index is 11.7. The molecule has 1 aromatic carbocycles. The highest BCUT2D eigenvalue weighted by atomic mass is 35.5. The summed E-state index contributed by atoms with van der Waals surface area (Å²) in [5.41, 5.74) is 0.367. The summed E-state index contributed by atoms with van der Waals surface area (Å²) < 4.78 is 5.11. The number of hydrogen-bond acceptors (Lipinski definition) is 3. The Morgan fingerprint density at radius 2 is 1.86 bits per heavy atom. The number of carbonyl (C=O) groups is 2. The zero-order valence-electron chi connectivity index (χ0n) is 13.2. The number of rotatable bonds is 6. The van der Waals surface area contributed by atoms with Gasteiger partial charge >= 0.3 is 6.09 Å². The lowest BCUT2D eigenvalue weighted by atomic mass is 10.1. The van der Waals surface area contributed by atoms with Crippen LogP contribution in [0.15, 0.2) is 24.3 Å². The van der Waals surface area contributed by atoms with Crippen molar-refractivity contribution in [3.8, 4) is 0 Å². The Hall–Kier alpha value is -1.75. The van der Waals surface area contributed by atoms with Gasteiger partial charge in [0.05, 0.1) is 6.42 Å². The summed E-state index contributed by atoms with van der Waals surface area (Å²) >= 11 is 5.87. The maximum Gasteiger partial charge on any atom is 0.407 e. The summed E-state index contributed by atoms with van der Waals surface area (Å²) in [6, 6.07) is 7.21. The summed E-state index contributed by atoms with van der Waals surface area (Å²) in [5, 5.41) is 6.06. The predicted octanol–water partition coefficient (Wildman–Crippen LogP) is 2.91. The van der Waals surface area contributed by atoms with Gasteiger partial charge in [0.15, 0.2) is 0 Å². The van der Waals surface area contributed by atoms with Crippen LogP contribution in [0.4, 0.5) is 4.79 Å². The molecule has 1 aromatic rings. The minimum Gasteiger partial charge on any atom is -0.444 e. The van der Waals surface area contributed by atoms with Crippen molar-refractivity contribution in [3.63, 3.8) is 0 Å². The molecule has 5 nitrogen and oxygen atoms in total. The SMILES string of the molecule is CC(C)(C)OC(=O)NCCCNC(=O)Cc1cccc(Cl)c1. The van der Waals surface area contributed by atoms with Crippen molar-refractivity contribution in [3.05, 3.63) is 34.9 Å². The summed E-state index contributed by atoms with van der Waals surface area (Å²) in [4.78, 5) is 23.1. The van der Waals surface area contributed by atoms with Crippen LogP contribution in [0.2, 0.25) is 5.02 Å². The monoisotopic (exact) mass is 326 g/mol. The van der Waals surface area contributed by atoms with Gasteiger partial charge in [-0.05, 0) is 44.9 Å². The van der Waals surface area contributed by atoms with Gasteiger partial charge in [0.2, 0.25) is 5.91 Å². The fourth-order valence-electron chi connectivity index (χ4n) is 1.72. The van der Waals surface area contributed by atoms with Gasteiger partial charge in [-0.1, -0.05) is 23.7 Å². The van der Waals surface area contributed by atoms with Crippen molar-refractivity contribution >= 4 is 23.6 Å². The van der Waals surface area contributed by atoms with Gasteiger partial charge in [0.1, 0.15) is 5.60 Å². The van der Waals surface area contributed by atoms with Crippen LogP contribution in [-0.4, -0.2) is 30.7 Å². The first-order valence-corrected chi connectivity index (χ1v) is 7.62. The van der Waals surface area contributed by atoms with Gasteiger partial charge in [-0.25, -0.2) is 4.79 Å². The number of benzene rings is 1. The van der Waals surface area contributed by atoms with Crippen molar-refractivity contribution in [1.29, 1.82) is 0 Å². The maximum atomic E-state index is 11.7. The predicted molar refractivity (Wildman–Crippen MR) is 87.0 cm³/mol. The number of hydrogen-bond donors (Lipinski definition) is 2. The molecule has 1 rings (SSSR count). The Morgan fingerprint density at radius 1 is 1.18 bits per heavy atom. The standard InChI is InChI=1S/C16H23ClN2O3/c1-16(2,3)22-15(21)19-9-5-8-18-14(20)11-12-6-4-7-13(17)10-12/h4,6-7,10H,5,8-9,11H2,1-3H3,(H,18,20)(H,19,21). The van der Waals surface area contributed by atoms with Gasteiger partial charge in [0, 0.05) is 18.1 Å². The summed E-state index contributed by atoms with van der Waals surface area (Å²) in [5.74, 6) is -0.0699. The third-order valence-electron chi connectivity index (χ3n) is 2.60. The number of alkyl carbamates (subject to hydrolysis) is 1. The van der Waals surface area contributed by atoms with Gasteiger partial charge in [-0.3, -0.25) is 4.79 Å². The van der Waals surface area contributed by atoms with Crippen LogP contribution in [0.1, 0.15) is 32.8 Å². The normalized spacial score (nSPS) is 10.9. The summed E-state index contributed by atoms with van der Waals surface area (Å²) in [7, 11) is 0. The number of carbonyl (C=O) groups excluding carboxylic acids is 2. The summed E-state index contributed by atoms with van der Waals surface area (Å²) in [6.45, 7) is 6.37. The van der Waals surface area contributed by atoms with Gasteiger partial charge < -0.3 is 15.4 Å². The molecule has 0 spiro atoms. The lowest BCUT2D eigenvalue weighted by Gasteiger charge is -2.19. The Kier molecular flexibility index (Phi) is 7.18. The highest BCUT2D eigenvalue weighted by Gasteiger charge is 2.15. The zero-order chi connectivity index (χ0) is 16.6. The molecule has 0 aliphatic carbocycles. The van der Waals surface area contributed by atoms with Gasteiger partial charge in [-0.2, -0.15) is 0 Å². The molecule has 0 saturated heterocycles. The fourth-order valence-corrected chi connectivity index (χ4v) is 1.93.